The number of aliphatic carboxylic acids is 1. The van der Waals surface area contributed by atoms with Crippen LogP contribution < -0.4 is 10.4 Å². The smallest absolute Gasteiger partial charge is 0.336 e. The average molecular weight is 302 g/mol. The van der Waals surface area contributed by atoms with Crippen LogP contribution in [0.15, 0.2) is 44.2 Å². The van der Waals surface area contributed by atoms with Gasteiger partial charge in [0.2, 0.25) is 5.75 Å². The van der Waals surface area contributed by atoms with Gasteiger partial charge in [0.05, 0.1) is 12.9 Å². The molecule has 22 heavy (non-hydrogen) atoms. The van der Waals surface area contributed by atoms with Crippen LogP contribution in [0, 0.1) is 0 Å². The number of hydrogen-bond donors (Lipinski definition) is 1. The number of carbonyl (C=O) groups is 1. The predicted molar refractivity (Wildman–Crippen MR) is 79.2 cm³/mol. The molecule has 6 nitrogen and oxygen atoms in total. The van der Waals surface area contributed by atoms with Crippen molar-refractivity contribution in [2.45, 2.75) is 19.3 Å². The summed E-state index contributed by atoms with van der Waals surface area (Å²) in [6.45, 7) is 0.320. The quantitative estimate of drug-likeness (QED) is 0.555. The SMILES string of the molecule is O=C(O)CCCCOc1c2occc2cc2ccc(=O)oc12. The Balaban J connectivity index is 1.90. The standard InChI is InChI=1S/C16H14O6/c17-12(18)3-1-2-7-20-16-14-11(6-8-21-14)9-10-4-5-13(19)22-15(10)16/h4-6,8-9H,1-3,7H2,(H,17,18). The molecule has 2 aromatic heterocycles. The third-order valence-electron chi connectivity index (χ3n) is 3.31. The Labute approximate surface area is 124 Å². The van der Waals surface area contributed by atoms with E-state index in [1.807, 2.05) is 6.07 Å². The Morgan fingerprint density at radius 1 is 1.14 bits per heavy atom. The number of benzene rings is 1. The third-order valence-corrected chi connectivity index (χ3v) is 3.31. The lowest BCUT2D eigenvalue weighted by Crippen LogP contribution is -2.02. The van der Waals surface area contributed by atoms with Gasteiger partial charge in [0.15, 0.2) is 11.2 Å². The molecule has 0 aliphatic rings. The third kappa shape index (κ3) is 2.81. The lowest BCUT2D eigenvalue weighted by molar-refractivity contribution is -0.137. The lowest BCUT2D eigenvalue weighted by atomic mass is 10.1. The second kappa shape index (κ2) is 5.93. The molecule has 0 bridgehead atoms. The molecule has 0 aliphatic carbocycles. The number of hydrogen-bond acceptors (Lipinski definition) is 5. The summed E-state index contributed by atoms with van der Waals surface area (Å²) in [5.41, 5.74) is 0.391. The zero-order chi connectivity index (χ0) is 15.5. The van der Waals surface area contributed by atoms with Crippen LogP contribution in [0.3, 0.4) is 0 Å². The Morgan fingerprint density at radius 2 is 1.95 bits per heavy atom. The van der Waals surface area contributed by atoms with E-state index in [1.165, 1.54) is 6.07 Å². The number of fused-ring (bicyclic) bond motifs is 2. The molecule has 0 fully saturated rings. The second-order valence-electron chi connectivity index (χ2n) is 4.92. The van der Waals surface area contributed by atoms with Crippen LogP contribution in [0.5, 0.6) is 5.75 Å². The fourth-order valence-corrected chi connectivity index (χ4v) is 2.29. The second-order valence-corrected chi connectivity index (χ2v) is 4.92. The first-order valence-corrected chi connectivity index (χ1v) is 6.94. The molecule has 0 unspecified atom stereocenters. The van der Waals surface area contributed by atoms with Crippen molar-refractivity contribution >= 4 is 27.9 Å². The summed E-state index contributed by atoms with van der Waals surface area (Å²) in [5, 5.41) is 10.2. The van der Waals surface area contributed by atoms with Crippen molar-refractivity contribution in [1.82, 2.24) is 0 Å². The molecule has 0 atom stereocenters. The van der Waals surface area contributed by atoms with Crippen molar-refractivity contribution in [1.29, 1.82) is 0 Å². The number of furan rings is 1. The van der Waals surface area contributed by atoms with E-state index in [1.54, 1.807) is 18.4 Å². The van der Waals surface area contributed by atoms with Gasteiger partial charge in [-0.05, 0) is 31.0 Å². The first-order chi connectivity index (χ1) is 10.6. The number of ether oxygens (including phenoxy) is 1. The first kappa shape index (κ1) is 14.2. The molecule has 0 amide bonds. The molecule has 1 aromatic carbocycles. The largest absolute Gasteiger partial charge is 0.486 e. The van der Waals surface area contributed by atoms with Crippen LogP contribution in [-0.4, -0.2) is 17.7 Å². The Morgan fingerprint density at radius 3 is 2.77 bits per heavy atom. The van der Waals surface area contributed by atoms with Crippen molar-refractivity contribution in [3.63, 3.8) is 0 Å². The van der Waals surface area contributed by atoms with Gasteiger partial charge < -0.3 is 18.7 Å². The minimum absolute atomic E-state index is 0.101. The molecule has 0 spiro atoms. The van der Waals surface area contributed by atoms with Crippen molar-refractivity contribution < 1.29 is 23.5 Å². The van der Waals surface area contributed by atoms with E-state index in [2.05, 4.69) is 0 Å². The zero-order valence-corrected chi connectivity index (χ0v) is 11.7. The molecular formula is C16H14O6. The van der Waals surface area contributed by atoms with Gasteiger partial charge in [-0.2, -0.15) is 0 Å². The van der Waals surface area contributed by atoms with Crippen LogP contribution in [0.1, 0.15) is 19.3 Å². The Bertz CT molecular complexity index is 873. The highest BCUT2D eigenvalue weighted by atomic mass is 16.5. The van der Waals surface area contributed by atoms with Crippen LogP contribution in [0.4, 0.5) is 0 Å². The number of carboxylic acid groups (broad SMARTS) is 1. The van der Waals surface area contributed by atoms with Gasteiger partial charge in [-0.25, -0.2) is 4.79 Å². The van der Waals surface area contributed by atoms with Gasteiger partial charge in [-0.15, -0.1) is 0 Å². The van der Waals surface area contributed by atoms with E-state index >= 15 is 0 Å². The fourth-order valence-electron chi connectivity index (χ4n) is 2.29. The van der Waals surface area contributed by atoms with E-state index in [0.717, 1.165) is 10.8 Å². The fraction of sp³-hybridized carbons (Fsp3) is 0.250. The Hall–Kier alpha value is -2.76. The molecule has 0 saturated heterocycles. The topological polar surface area (TPSA) is 89.9 Å². The monoisotopic (exact) mass is 302 g/mol. The zero-order valence-electron chi connectivity index (χ0n) is 11.7. The molecule has 0 saturated carbocycles. The van der Waals surface area contributed by atoms with E-state index in [9.17, 15) is 9.59 Å². The summed E-state index contributed by atoms with van der Waals surface area (Å²) in [6.07, 6.45) is 2.75. The minimum atomic E-state index is -0.829. The molecule has 3 rings (SSSR count). The average Bonchev–Trinajstić information content (AvgIpc) is 2.94. The number of unbranched alkanes of at least 4 members (excludes halogenated alkanes) is 1. The molecule has 0 radical (unpaired) electrons. The van der Waals surface area contributed by atoms with E-state index in [-0.39, 0.29) is 6.42 Å². The van der Waals surface area contributed by atoms with Crippen molar-refractivity contribution in [3.8, 4) is 5.75 Å². The molecular weight excluding hydrogens is 288 g/mol. The van der Waals surface area contributed by atoms with Gasteiger partial charge in [0.1, 0.15) is 0 Å². The maximum Gasteiger partial charge on any atom is 0.336 e. The van der Waals surface area contributed by atoms with Crippen molar-refractivity contribution in [3.05, 3.63) is 40.9 Å². The molecule has 0 aliphatic heterocycles. The predicted octanol–water partition coefficient (Wildman–Crippen LogP) is 3.17. The summed E-state index contributed by atoms with van der Waals surface area (Å²) in [5.74, 6) is -0.449. The Kier molecular flexibility index (Phi) is 3.82. The van der Waals surface area contributed by atoms with Crippen LogP contribution in [0.25, 0.3) is 21.9 Å². The number of carboxylic acids is 1. The molecule has 2 heterocycles. The van der Waals surface area contributed by atoms with E-state index in [4.69, 9.17) is 18.7 Å². The maximum atomic E-state index is 11.4. The van der Waals surface area contributed by atoms with E-state index < -0.39 is 11.6 Å². The molecule has 114 valence electrons. The normalized spacial score (nSPS) is 11.1. The summed E-state index contributed by atoms with van der Waals surface area (Å²) in [7, 11) is 0. The van der Waals surface area contributed by atoms with Crippen LogP contribution >= 0.6 is 0 Å². The molecule has 6 heteroatoms. The summed E-state index contributed by atoms with van der Waals surface area (Å²) >= 11 is 0. The first-order valence-electron chi connectivity index (χ1n) is 6.94. The van der Waals surface area contributed by atoms with E-state index in [0.29, 0.717) is 36.4 Å². The van der Waals surface area contributed by atoms with Gasteiger partial charge in [-0.1, -0.05) is 0 Å². The van der Waals surface area contributed by atoms with Gasteiger partial charge in [-0.3, -0.25) is 4.79 Å². The highest BCUT2D eigenvalue weighted by Crippen LogP contribution is 2.34. The molecule has 1 N–H and O–H groups in total. The van der Waals surface area contributed by atoms with Crippen LogP contribution in [0.2, 0.25) is 0 Å². The minimum Gasteiger partial charge on any atom is -0.486 e. The molecule has 3 aromatic rings. The van der Waals surface area contributed by atoms with Gasteiger partial charge in [0.25, 0.3) is 0 Å². The number of rotatable bonds is 6. The summed E-state index contributed by atoms with van der Waals surface area (Å²) in [4.78, 5) is 21.9. The summed E-state index contributed by atoms with van der Waals surface area (Å²) in [6, 6.07) is 6.68. The van der Waals surface area contributed by atoms with Gasteiger partial charge in [0, 0.05) is 23.3 Å². The summed E-state index contributed by atoms with van der Waals surface area (Å²) < 4.78 is 16.4. The van der Waals surface area contributed by atoms with Crippen LogP contribution in [-0.2, 0) is 4.79 Å². The van der Waals surface area contributed by atoms with Crippen molar-refractivity contribution in [2.75, 3.05) is 6.61 Å². The van der Waals surface area contributed by atoms with Crippen molar-refractivity contribution in [2.24, 2.45) is 0 Å². The highest BCUT2D eigenvalue weighted by molar-refractivity contribution is 5.99. The maximum absolute atomic E-state index is 11.4. The van der Waals surface area contributed by atoms with Gasteiger partial charge >= 0.3 is 11.6 Å². The lowest BCUT2D eigenvalue weighted by Gasteiger charge is -2.08. The highest BCUT2D eigenvalue weighted by Gasteiger charge is 2.14.